The third-order valence-corrected chi connectivity index (χ3v) is 6.75. The third kappa shape index (κ3) is 4.63. The highest BCUT2D eigenvalue weighted by molar-refractivity contribution is 7.92. The number of hydrogen-bond acceptors (Lipinski definition) is 9. The Balaban J connectivity index is 1.71. The van der Waals surface area contributed by atoms with Crippen LogP contribution in [-0.2, 0) is 14.8 Å². The summed E-state index contributed by atoms with van der Waals surface area (Å²) in [6, 6.07) is 4.79. The average molecular weight is 495 g/mol. The fourth-order valence-electron chi connectivity index (χ4n) is 3.63. The van der Waals surface area contributed by atoms with Gasteiger partial charge < -0.3 is 14.6 Å². The molecule has 180 valence electrons. The molecule has 0 radical (unpaired) electrons. The molecule has 2 aliphatic rings. The van der Waals surface area contributed by atoms with E-state index in [0.717, 1.165) is 12.8 Å². The van der Waals surface area contributed by atoms with E-state index in [-0.39, 0.29) is 51.7 Å². The van der Waals surface area contributed by atoms with Crippen LogP contribution < -0.4 is 9.46 Å². The molecule has 3 heterocycles. The Morgan fingerprint density at radius 3 is 2.86 bits per heavy atom. The van der Waals surface area contributed by atoms with Crippen molar-refractivity contribution < 1.29 is 23.0 Å². The summed E-state index contributed by atoms with van der Waals surface area (Å²) in [6.45, 7) is 2.24. The van der Waals surface area contributed by atoms with Gasteiger partial charge in [-0.15, -0.1) is 0 Å². The summed E-state index contributed by atoms with van der Waals surface area (Å²) in [5.41, 5.74) is 6.64. The number of phenols is 1. The predicted octanol–water partition coefficient (Wildman–Crippen LogP) is 2.78. The first-order valence-corrected chi connectivity index (χ1v) is 12.6. The molecule has 2 aromatic heterocycles. The van der Waals surface area contributed by atoms with Crippen molar-refractivity contribution in [1.82, 2.24) is 19.5 Å². The zero-order valence-electron chi connectivity index (χ0n) is 19.0. The third-order valence-electron chi connectivity index (χ3n) is 5.32. The quantitative estimate of drug-likeness (QED) is 0.456. The van der Waals surface area contributed by atoms with Gasteiger partial charge in [-0.1, -0.05) is 11.8 Å². The minimum atomic E-state index is -3.59. The molecule has 0 amide bonds. The van der Waals surface area contributed by atoms with Gasteiger partial charge in [0.25, 0.3) is 0 Å². The van der Waals surface area contributed by atoms with Crippen LogP contribution in [0.15, 0.2) is 46.9 Å². The molecule has 0 saturated heterocycles. The number of ether oxygens (including phenoxy) is 2. The van der Waals surface area contributed by atoms with Crippen molar-refractivity contribution in [1.29, 1.82) is 0 Å². The molecule has 0 atom stereocenters. The van der Waals surface area contributed by atoms with Gasteiger partial charge in [0.2, 0.25) is 15.9 Å². The number of methoxy groups -OCH3 is 1. The smallest absolute Gasteiger partial charge is 0.234 e. The van der Waals surface area contributed by atoms with Crippen LogP contribution in [0.3, 0.4) is 0 Å². The maximum atomic E-state index is 12.5. The molecule has 0 spiro atoms. The summed E-state index contributed by atoms with van der Waals surface area (Å²) in [7, 11) is -2.13. The van der Waals surface area contributed by atoms with Crippen molar-refractivity contribution in [3.63, 3.8) is 0 Å². The second-order valence-electron chi connectivity index (χ2n) is 7.97. The minimum Gasteiger partial charge on any atom is -0.506 e. The van der Waals surface area contributed by atoms with Crippen LogP contribution in [-0.4, -0.2) is 58.4 Å². The standard InChI is InChI=1S/C23H22N6O5S/c1-3-34-19-9-4-6-15(25-19)22-27-21-23(29(22)20-16(30)7-5-8-17(20)33-2)26-18(12-24-21)28-35(31,32)13-14-10-11-14/h5,7-9,12,14,30H,3,10-11,13H2,1-2H3,(H,26,28). The van der Waals surface area contributed by atoms with E-state index in [2.05, 4.69) is 36.1 Å². The number of nitrogens with zero attached hydrogens (tertiary/aromatic N) is 5. The molecular weight excluding hydrogens is 472 g/mol. The Bertz CT molecular complexity index is 1560. The van der Waals surface area contributed by atoms with Gasteiger partial charge in [0.05, 0.1) is 31.7 Å². The number of sulfonamides is 1. The minimum absolute atomic E-state index is 0.0312. The fraction of sp³-hybridized carbons (Fsp3) is 0.304. The van der Waals surface area contributed by atoms with E-state index in [1.54, 1.807) is 18.2 Å². The summed E-state index contributed by atoms with van der Waals surface area (Å²) in [5, 5.41) is 10.8. The van der Waals surface area contributed by atoms with Crippen molar-refractivity contribution >= 4 is 38.7 Å². The summed E-state index contributed by atoms with van der Waals surface area (Å²) in [5.74, 6) is 1.00. The second-order valence-corrected chi connectivity index (χ2v) is 9.74. The van der Waals surface area contributed by atoms with Crippen molar-refractivity contribution in [3.05, 3.63) is 47.8 Å². The van der Waals surface area contributed by atoms with Crippen LogP contribution in [0.25, 0.3) is 22.7 Å². The van der Waals surface area contributed by atoms with Crippen LogP contribution in [0.4, 0.5) is 5.82 Å². The number of anilines is 1. The van der Waals surface area contributed by atoms with E-state index in [1.165, 1.54) is 23.9 Å². The molecule has 1 fully saturated rings. The number of hydrogen-bond donors (Lipinski definition) is 2. The lowest BCUT2D eigenvalue weighted by molar-refractivity contribution is 0.330. The first kappa shape index (κ1) is 22.7. The largest absolute Gasteiger partial charge is 0.506 e. The Kier molecular flexibility index (Phi) is 5.78. The van der Waals surface area contributed by atoms with Gasteiger partial charge in [0, 0.05) is 0 Å². The van der Waals surface area contributed by atoms with Gasteiger partial charge in [-0.2, -0.15) is 0 Å². The lowest BCUT2D eigenvalue weighted by Crippen LogP contribution is -2.19. The zero-order valence-corrected chi connectivity index (χ0v) is 19.8. The predicted molar refractivity (Wildman–Crippen MR) is 129 cm³/mol. The normalized spacial score (nSPS) is 15.1. The Hall–Kier alpha value is -4.11. The SMILES string of the molecule is CCOC1=NC(c2nc3ncc(NS(=O)(=O)CC4CC4)nc3n2-c2c(O)cccc2OC)=C=C=C1. The van der Waals surface area contributed by atoms with E-state index in [1.807, 2.05) is 6.92 Å². The highest BCUT2D eigenvalue weighted by atomic mass is 32.2. The highest BCUT2D eigenvalue weighted by Crippen LogP contribution is 2.37. The number of nitrogens with one attached hydrogen (secondary N) is 1. The van der Waals surface area contributed by atoms with Crippen molar-refractivity contribution in [2.75, 3.05) is 24.2 Å². The number of rotatable bonds is 8. The van der Waals surface area contributed by atoms with E-state index in [0.29, 0.717) is 18.3 Å². The molecule has 1 saturated carbocycles. The van der Waals surface area contributed by atoms with Gasteiger partial charge in [-0.05, 0) is 43.5 Å². The number of benzene rings is 1. The van der Waals surface area contributed by atoms with Gasteiger partial charge >= 0.3 is 0 Å². The monoisotopic (exact) mass is 494 g/mol. The molecule has 0 unspecified atom stereocenters. The topological polar surface area (TPSA) is 141 Å². The molecule has 1 aliphatic heterocycles. The number of fused-ring (bicyclic) bond motifs is 1. The first-order chi connectivity index (χ1) is 16.9. The van der Waals surface area contributed by atoms with Gasteiger partial charge in [-0.3, -0.25) is 9.29 Å². The molecular formula is C23H22N6O5S. The molecule has 3 aromatic rings. The number of phenolic OH excluding ortho intramolecular Hbond substituents is 1. The molecule has 1 aromatic carbocycles. The van der Waals surface area contributed by atoms with E-state index < -0.39 is 10.0 Å². The number of aromatic hydroxyl groups is 1. The first-order valence-electron chi connectivity index (χ1n) is 10.9. The molecule has 2 N–H and O–H groups in total. The Labute approximate surface area is 201 Å². The molecule has 0 bridgehead atoms. The van der Waals surface area contributed by atoms with Crippen LogP contribution in [0.2, 0.25) is 0 Å². The fourth-order valence-corrected chi connectivity index (χ4v) is 5.09. The Morgan fingerprint density at radius 1 is 1.29 bits per heavy atom. The zero-order chi connectivity index (χ0) is 24.6. The Morgan fingerprint density at radius 2 is 2.11 bits per heavy atom. The van der Waals surface area contributed by atoms with E-state index >= 15 is 0 Å². The lowest BCUT2D eigenvalue weighted by atomic mass is 10.2. The van der Waals surface area contributed by atoms with Crippen LogP contribution in [0.5, 0.6) is 11.5 Å². The summed E-state index contributed by atoms with van der Waals surface area (Å²) < 4.78 is 40.0. The summed E-state index contributed by atoms with van der Waals surface area (Å²) >= 11 is 0. The van der Waals surface area contributed by atoms with Gasteiger partial charge in [0.1, 0.15) is 17.2 Å². The van der Waals surface area contributed by atoms with Gasteiger partial charge in [0.15, 0.2) is 28.6 Å². The van der Waals surface area contributed by atoms with Crippen molar-refractivity contribution in [2.24, 2.45) is 10.9 Å². The average Bonchev–Trinajstić information content (AvgIpc) is 3.55. The highest BCUT2D eigenvalue weighted by Gasteiger charge is 2.29. The van der Waals surface area contributed by atoms with Crippen molar-refractivity contribution in [2.45, 2.75) is 19.8 Å². The molecule has 11 nitrogen and oxygen atoms in total. The molecule has 12 heteroatoms. The number of aromatic nitrogens is 4. The van der Waals surface area contributed by atoms with E-state index in [9.17, 15) is 13.5 Å². The van der Waals surface area contributed by atoms with E-state index in [4.69, 9.17) is 9.47 Å². The number of aliphatic imine (C=N–C) groups is 1. The van der Waals surface area contributed by atoms with Crippen molar-refractivity contribution in [3.8, 4) is 17.2 Å². The summed E-state index contributed by atoms with van der Waals surface area (Å²) in [4.78, 5) is 17.8. The van der Waals surface area contributed by atoms with Crippen LogP contribution in [0.1, 0.15) is 25.6 Å². The number of imidazole rings is 1. The maximum absolute atomic E-state index is 12.5. The molecule has 5 rings (SSSR count). The van der Waals surface area contributed by atoms with Crippen LogP contribution >= 0.6 is 0 Å². The molecule has 1 aliphatic carbocycles. The maximum Gasteiger partial charge on any atom is 0.234 e. The second kappa shape index (κ2) is 8.92. The lowest BCUT2D eigenvalue weighted by Gasteiger charge is -2.14. The van der Waals surface area contributed by atoms with Crippen LogP contribution in [0, 0.1) is 5.92 Å². The van der Waals surface area contributed by atoms with Gasteiger partial charge in [-0.25, -0.2) is 28.4 Å². The number of para-hydroxylation sites is 1. The summed E-state index contributed by atoms with van der Waals surface area (Å²) in [6.07, 6.45) is 4.64. The molecule has 35 heavy (non-hydrogen) atoms.